The molecule has 0 unspecified atom stereocenters. The van der Waals surface area contributed by atoms with Crippen molar-refractivity contribution in [3.8, 4) is 0 Å². The summed E-state index contributed by atoms with van der Waals surface area (Å²) in [4.78, 5) is 2.62. The topological polar surface area (TPSA) is 15.3 Å². The van der Waals surface area contributed by atoms with Gasteiger partial charge in [0.15, 0.2) is 0 Å². The van der Waals surface area contributed by atoms with E-state index in [1.54, 1.807) is 0 Å². The monoisotopic (exact) mass is 282 g/mol. The number of hydrogen-bond donors (Lipinski definition) is 1. The van der Waals surface area contributed by atoms with E-state index in [0.717, 1.165) is 0 Å². The fourth-order valence-electron chi connectivity index (χ4n) is 3.31. The predicted molar refractivity (Wildman–Crippen MR) is 90.2 cm³/mol. The zero-order chi connectivity index (χ0) is 15.2. The van der Waals surface area contributed by atoms with E-state index in [2.05, 4.69) is 51.8 Å². The lowest BCUT2D eigenvalue weighted by Crippen LogP contribution is -2.37. The van der Waals surface area contributed by atoms with Crippen molar-refractivity contribution in [1.82, 2.24) is 10.2 Å². The Hall–Kier alpha value is -0.0800. The lowest BCUT2D eigenvalue weighted by atomic mass is 9.80. The molecule has 0 radical (unpaired) electrons. The smallest absolute Gasteiger partial charge is 0.00770 e. The molecule has 2 heteroatoms. The summed E-state index contributed by atoms with van der Waals surface area (Å²) in [7, 11) is 0. The van der Waals surface area contributed by atoms with Crippen molar-refractivity contribution in [3.05, 3.63) is 0 Å². The quantitative estimate of drug-likeness (QED) is 0.700. The molecule has 0 aliphatic carbocycles. The van der Waals surface area contributed by atoms with E-state index in [1.165, 1.54) is 58.3 Å². The average molecular weight is 283 g/mol. The van der Waals surface area contributed by atoms with E-state index < -0.39 is 0 Å². The third kappa shape index (κ3) is 8.97. The van der Waals surface area contributed by atoms with Gasteiger partial charge in [-0.25, -0.2) is 0 Å². The van der Waals surface area contributed by atoms with Crippen LogP contribution < -0.4 is 5.32 Å². The first-order valence-electron chi connectivity index (χ1n) is 8.61. The number of nitrogens with zero attached hydrogens (tertiary/aromatic N) is 1. The van der Waals surface area contributed by atoms with Gasteiger partial charge in [0.25, 0.3) is 0 Å². The van der Waals surface area contributed by atoms with Gasteiger partial charge in [-0.1, -0.05) is 41.5 Å². The van der Waals surface area contributed by atoms with Crippen LogP contribution in [0.15, 0.2) is 0 Å². The highest BCUT2D eigenvalue weighted by Crippen LogP contribution is 2.28. The Morgan fingerprint density at radius 2 is 1.40 bits per heavy atom. The number of likely N-dealkylation sites (tertiary alicyclic amines) is 1. The van der Waals surface area contributed by atoms with Crippen molar-refractivity contribution in [2.75, 3.05) is 26.2 Å². The second-order valence-electron chi connectivity index (χ2n) is 9.08. The third-order valence-corrected chi connectivity index (χ3v) is 4.00. The zero-order valence-electron chi connectivity index (χ0n) is 14.9. The minimum atomic E-state index is 0.415. The molecule has 1 fully saturated rings. The molecule has 0 atom stereocenters. The van der Waals surface area contributed by atoms with Gasteiger partial charge in [-0.05, 0) is 69.1 Å². The van der Waals surface area contributed by atoms with Gasteiger partial charge in [0.05, 0.1) is 0 Å². The second-order valence-corrected chi connectivity index (χ2v) is 9.08. The molecule has 1 rings (SSSR count). The van der Waals surface area contributed by atoms with E-state index in [4.69, 9.17) is 0 Å². The molecule has 1 saturated heterocycles. The van der Waals surface area contributed by atoms with Crippen LogP contribution in [0.4, 0.5) is 0 Å². The van der Waals surface area contributed by atoms with Crippen molar-refractivity contribution in [2.24, 2.45) is 10.8 Å². The molecule has 0 aromatic heterocycles. The lowest BCUT2D eigenvalue weighted by Gasteiger charge is -2.32. The van der Waals surface area contributed by atoms with Gasteiger partial charge in [0, 0.05) is 6.04 Å². The maximum absolute atomic E-state index is 3.83. The first-order valence-corrected chi connectivity index (χ1v) is 8.61. The summed E-state index contributed by atoms with van der Waals surface area (Å²) in [6, 6.07) is 0.661. The van der Waals surface area contributed by atoms with Crippen LogP contribution in [0.25, 0.3) is 0 Å². The summed E-state index contributed by atoms with van der Waals surface area (Å²) in [5.74, 6) is 0. The second kappa shape index (κ2) is 7.79. The van der Waals surface area contributed by atoms with E-state index in [-0.39, 0.29) is 0 Å². The molecule has 1 heterocycles. The molecule has 0 spiro atoms. The normalized spacial score (nSPS) is 18.1. The first kappa shape index (κ1) is 18.0. The van der Waals surface area contributed by atoms with Crippen molar-refractivity contribution < 1.29 is 0 Å². The molecule has 0 aromatic rings. The molecular weight excluding hydrogens is 244 g/mol. The highest BCUT2D eigenvalue weighted by atomic mass is 15.1. The van der Waals surface area contributed by atoms with E-state index in [9.17, 15) is 0 Å². The molecule has 0 amide bonds. The summed E-state index contributed by atoms with van der Waals surface area (Å²) in [5.41, 5.74) is 0.829. The van der Waals surface area contributed by atoms with Crippen LogP contribution in [-0.2, 0) is 0 Å². The van der Waals surface area contributed by atoms with Crippen LogP contribution in [0.1, 0.15) is 73.6 Å². The summed E-state index contributed by atoms with van der Waals surface area (Å²) in [6.07, 6.45) is 6.65. The molecule has 0 saturated carbocycles. The zero-order valence-corrected chi connectivity index (χ0v) is 14.9. The Bertz CT molecular complexity index is 238. The van der Waals surface area contributed by atoms with Gasteiger partial charge in [-0.2, -0.15) is 0 Å². The third-order valence-electron chi connectivity index (χ3n) is 4.00. The van der Waals surface area contributed by atoms with Crippen LogP contribution in [0, 0.1) is 10.8 Å². The van der Waals surface area contributed by atoms with Crippen LogP contribution in [-0.4, -0.2) is 37.1 Å². The molecule has 120 valence electrons. The van der Waals surface area contributed by atoms with Gasteiger partial charge in [0.1, 0.15) is 0 Å². The maximum atomic E-state index is 3.83. The van der Waals surface area contributed by atoms with Gasteiger partial charge in [0.2, 0.25) is 0 Å². The van der Waals surface area contributed by atoms with E-state index in [0.29, 0.717) is 16.9 Å². The van der Waals surface area contributed by atoms with Crippen LogP contribution in [0.5, 0.6) is 0 Å². The number of rotatable bonds is 7. The summed E-state index contributed by atoms with van der Waals surface area (Å²) in [5, 5.41) is 3.83. The van der Waals surface area contributed by atoms with Crippen molar-refractivity contribution in [2.45, 2.75) is 79.7 Å². The fraction of sp³-hybridized carbons (Fsp3) is 1.00. The van der Waals surface area contributed by atoms with Gasteiger partial charge in [-0.3, -0.25) is 0 Å². The molecule has 2 nitrogen and oxygen atoms in total. The Kier molecular flexibility index (Phi) is 7.00. The minimum absolute atomic E-state index is 0.415. The molecule has 0 bridgehead atoms. The predicted octanol–water partition coefficient (Wildman–Crippen LogP) is 4.30. The number of hydrogen-bond acceptors (Lipinski definition) is 2. The summed E-state index contributed by atoms with van der Waals surface area (Å²) >= 11 is 0. The Labute approximate surface area is 127 Å². The number of nitrogens with one attached hydrogen (secondary N) is 1. The minimum Gasteiger partial charge on any atom is -0.314 e. The van der Waals surface area contributed by atoms with Gasteiger partial charge < -0.3 is 10.2 Å². The molecule has 20 heavy (non-hydrogen) atoms. The fourth-order valence-corrected chi connectivity index (χ4v) is 3.31. The SMILES string of the molecule is CC(C)(C)CC(CC(C)(C)C)NCCCN1CCCC1. The van der Waals surface area contributed by atoms with Crippen molar-refractivity contribution in [1.29, 1.82) is 0 Å². The van der Waals surface area contributed by atoms with Crippen molar-refractivity contribution in [3.63, 3.8) is 0 Å². The molecule has 1 N–H and O–H groups in total. The first-order chi connectivity index (χ1) is 9.16. The molecule has 1 aliphatic heterocycles. The van der Waals surface area contributed by atoms with E-state index >= 15 is 0 Å². The largest absolute Gasteiger partial charge is 0.314 e. The summed E-state index contributed by atoms with van der Waals surface area (Å²) < 4.78 is 0. The summed E-state index contributed by atoms with van der Waals surface area (Å²) in [6.45, 7) is 19.2. The lowest BCUT2D eigenvalue weighted by molar-refractivity contribution is 0.236. The highest BCUT2D eigenvalue weighted by molar-refractivity contribution is 4.79. The standard InChI is InChI=1S/C18H38N2/c1-17(2,3)14-16(15-18(4,5)6)19-10-9-13-20-11-7-8-12-20/h16,19H,7-15H2,1-6H3. The Balaban J connectivity index is 2.27. The maximum Gasteiger partial charge on any atom is 0.00770 e. The molecular formula is C18H38N2. The van der Waals surface area contributed by atoms with Crippen LogP contribution in [0.3, 0.4) is 0 Å². The van der Waals surface area contributed by atoms with Gasteiger partial charge >= 0.3 is 0 Å². The van der Waals surface area contributed by atoms with Crippen LogP contribution >= 0.6 is 0 Å². The average Bonchev–Trinajstić information content (AvgIpc) is 2.72. The molecule has 1 aliphatic rings. The Morgan fingerprint density at radius 1 is 0.900 bits per heavy atom. The van der Waals surface area contributed by atoms with E-state index in [1.807, 2.05) is 0 Å². The highest BCUT2D eigenvalue weighted by Gasteiger charge is 2.23. The van der Waals surface area contributed by atoms with Crippen molar-refractivity contribution >= 4 is 0 Å². The molecule has 0 aromatic carbocycles. The Morgan fingerprint density at radius 3 is 1.85 bits per heavy atom. The van der Waals surface area contributed by atoms with Crippen LogP contribution in [0.2, 0.25) is 0 Å². The van der Waals surface area contributed by atoms with Gasteiger partial charge in [-0.15, -0.1) is 0 Å².